The van der Waals surface area contributed by atoms with Crippen molar-refractivity contribution in [1.82, 2.24) is 0 Å². The third-order valence-corrected chi connectivity index (χ3v) is 3.16. The summed E-state index contributed by atoms with van der Waals surface area (Å²) in [5.74, 6) is 0.296. The molecule has 2 aromatic carbocycles. The van der Waals surface area contributed by atoms with E-state index in [0.29, 0.717) is 16.1 Å². The van der Waals surface area contributed by atoms with Gasteiger partial charge in [-0.05, 0) is 49.7 Å². The topological polar surface area (TPSA) is 29.5 Å². The highest BCUT2D eigenvalue weighted by Crippen LogP contribution is 2.29. The van der Waals surface area contributed by atoms with Gasteiger partial charge in [0.2, 0.25) is 0 Å². The Labute approximate surface area is 122 Å². The summed E-state index contributed by atoms with van der Waals surface area (Å²) in [6.07, 6.45) is -0.880. The van der Waals surface area contributed by atoms with E-state index in [0.717, 1.165) is 5.75 Å². The summed E-state index contributed by atoms with van der Waals surface area (Å²) in [5, 5.41) is 10.6. The van der Waals surface area contributed by atoms with Crippen LogP contribution >= 0.6 is 11.6 Å². The van der Waals surface area contributed by atoms with Gasteiger partial charge in [-0.25, -0.2) is 4.39 Å². The molecule has 0 radical (unpaired) electrons. The molecule has 0 spiro atoms. The summed E-state index contributed by atoms with van der Waals surface area (Å²) < 4.78 is 18.8. The van der Waals surface area contributed by atoms with Crippen LogP contribution in [0.3, 0.4) is 0 Å². The van der Waals surface area contributed by atoms with Gasteiger partial charge in [0.05, 0.1) is 6.10 Å². The Kier molecular flexibility index (Phi) is 4.63. The van der Waals surface area contributed by atoms with E-state index in [2.05, 4.69) is 0 Å². The first-order valence-electron chi connectivity index (χ1n) is 6.37. The number of rotatable bonds is 4. The van der Waals surface area contributed by atoms with E-state index >= 15 is 0 Å². The van der Waals surface area contributed by atoms with Crippen molar-refractivity contribution >= 4 is 11.6 Å². The smallest absolute Gasteiger partial charge is 0.123 e. The van der Waals surface area contributed by atoms with E-state index in [9.17, 15) is 9.50 Å². The summed E-state index contributed by atoms with van der Waals surface area (Å²) in [6.45, 7) is 3.88. The molecule has 0 fully saturated rings. The standard InChI is InChI=1S/C16H16ClFO2/c1-10(2)20-13-6-3-11(4-7-13)16(19)14-9-12(18)5-8-15(14)17/h3-10,16,19H,1-2H3. The van der Waals surface area contributed by atoms with Gasteiger partial charge in [-0.3, -0.25) is 0 Å². The normalized spacial score (nSPS) is 12.5. The second kappa shape index (κ2) is 6.25. The molecule has 106 valence electrons. The van der Waals surface area contributed by atoms with Crippen LogP contribution in [0.25, 0.3) is 0 Å². The fourth-order valence-electron chi connectivity index (χ4n) is 1.90. The lowest BCUT2D eigenvalue weighted by atomic mass is 10.0. The van der Waals surface area contributed by atoms with E-state index in [1.165, 1.54) is 18.2 Å². The summed E-state index contributed by atoms with van der Waals surface area (Å²) in [5.41, 5.74) is 0.984. The molecule has 0 heterocycles. The second-order valence-corrected chi connectivity index (χ2v) is 5.21. The molecule has 0 saturated heterocycles. The van der Waals surface area contributed by atoms with Crippen LogP contribution in [0.15, 0.2) is 42.5 Å². The lowest BCUT2D eigenvalue weighted by Crippen LogP contribution is -2.06. The van der Waals surface area contributed by atoms with Crippen molar-refractivity contribution in [1.29, 1.82) is 0 Å². The fourth-order valence-corrected chi connectivity index (χ4v) is 2.13. The molecule has 1 atom stereocenters. The average Bonchev–Trinajstić information content (AvgIpc) is 2.41. The molecule has 0 saturated carbocycles. The minimum atomic E-state index is -0.966. The maximum absolute atomic E-state index is 13.2. The highest BCUT2D eigenvalue weighted by molar-refractivity contribution is 6.31. The number of hydrogen-bond donors (Lipinski definition) is 1. The fraction of sp³-hybridized carbons (Fsp3) is 0.250. The van der Waals surface area contributed by atoms with Gasteiger partial charge < -0.3 is 9.84 Å². The van der Waals surface area contributed by atoms with Crippen LogP contribution in [0, 0.1) is 5.82 Å². The molecule has 2 aromatic rings. The van der Waals surface area contributed by atoms with Crippen LogP contribution in [-0.2, 0) is 0 Å². The van der Waals surface area contributed by atoms with Crippen molar-refractivity contribution in [3.8, 4) is 5.75 Å². The molecule has 0 aromatic heterocycles. The SMILES string of the molecule is CC(C)Oc1ccc(C(O)c2cc(F)ccc2Cl)cc1. The maximum Gasteiger partial charge on any atom is 0.123 e. The number of halogens is 2. The highest BCUT2D eigenvalue weighted by atomic mass is 35.5. The predicted octanol–water partition coefficient (Wildman–Crippen LogP) is 4.35. The van der Waals surface area contributed by atoms with Crippen molar-refractivity contribution in [3.63, 3.8) is 0 Å². The number of benzene rings is 2. The van der Waals surface area contributed by atoms with Gasteiger partial charge in [-0.15, -0.1) is 0 Å². The molecule has 0 bridgehead atoms. The molecule has 0 amide bonds. The maximum atomic E-state index is 13.2. The number of aliphatic hydroxyl groups is 1. The Bertz CT molecular complexity index is 582. The summed E-state index contributed by atoms with van der Waals surface area (Å²) >= 11 is 5.99. The average molecular weight is 295 g/mol. The molecule has 20 heavy (non-hydrogen) atoms. The second-order valence-electron chi connectivity index (χ2n) is 4.80. The Balaban J connectivity index is 2.24. The van der Waals surface area contributed by atoms with Gasteiger partial charge in [0.1, 0.15) is 17.7 Å². The summed E-state index contributed by atoms with van der Waals surface area (Å²) in [6, 6.07) is 11.0. The number of hydrogen-bond acceptors (Lipinski definition) is 2. The van der Waals surface area contributed by atoms with Crippen molar-refractivity contribution in [3.05, 3.63) is 64.4 Å². The molecule has 0 aliphatic heterocycles. The van der Waals surface area contributed by atoms with E-state index in [4.69, 9.17) is 16.3 Å². The first kappa shape index (κ1) is 14.8. The van der Waals surface area contributed by atoms with E-state index in [1.807, 2.05) is 13.8 Å². The Morgan fingerprint density at radius 2 is 1.75 bits per heavy atom. The Morgan fingerprint density at radius 1 is 1.10 bits per heavy atom. The van der Waals surface area contributed by atoms with Gasteiger partial charge in [-0.1, -0.05) is 23.7 Å². The van der Waals surface area contributed by atoms with E-state index < -0.39 is 11.9 Å². The van der Waals surface area contributed by atoms with Crippen molar-refractivity contribution in [2.45, 2.75) is 26.1 Å². The zero-order valence-corrected chi connectivity index (χ0v) is 12.1. The van der Waals surface area contributed by atoms with Crippen LogP contribution < -0.4 is 4.74 Å². The molecular formula is C16H16ClFO2. The monoisotopic (exact) mass is 294 g/mol. The predicted molar refractivity (Wildman–Crippen MR) is 77.7 cm³/mol. The summed E-state index contributed by atoms with van der Waals surface area (Å²) in [7, 11) is 0. The van der Waals surface area contributed by atoms with Crippen LogP contribution in [0.1, 0.15) is 31.1 Å². The minimum absolute atomic E-state index is 0.0865. The molecule has 1 unspecified atom stereocenters. The molecule has 4 heteroatoms. The van der Waals surface area contributed by atoms with Crippen LogP contribution in [0.4, 0.5) is 4.39 Å². The van der Waals surface area contributed by atoms with Gasteiger partial charge in [0.25, 0.3) is 0 Å². The highest BCUT2D eigenvalue weighted by Gasteiger charge is 2.15. The quantitative estimate of drug-likeness (QED) is 0.908. The van der Waals surface area contributed by atoms with Gasteiger partial charge in [0.15, 0.2) is 0 Å². The lowest BCUT2D eigenvalue weighted by molar-refractivity contribution is 0.219. The van der Waals surface area contributed by atoms with E-state index in [-0.39, 0.29) is 6.10 Å². The molecule has 2 nitrogen and oxygen atoms in total. The molecule has 0 aliphatic carbocycles. The third kappa shape index (κ3) is 3.50. The van der Waals surface area contributed by atoms with Crippen molar-refractivity contribution in [2.24, 2.45) is 0 Å². The largest absolute Gasteiger partial charge is 0.491 e. The summed E-state index contributed by atoms with van der Waals surface area (Å²) in [4.78, 5) is 0. The van der Waals surface area contributed by atoms with E-state index in [1.54, 1.807) is 24.3 Å². The van der Waals surface area contributed by atoms with Gasteiger partial charge in [0, 0.05) is 10.6 Å². The zero-order valence-electron chi connectivity index (χ0n) is 11.3. The Hall–Kier alpha value is -1.58. The molecular weight excluding hydrogens is 279 g/mol. The molecule has 1 N–H and O–H groups in total. The van der Waals surface area contributed by atoms with Gasteiger partial charge in [-0.2, -0.15) is 0 Å². The number of ether oxygens (including phenoxy) is 1. The first-order valence-corrected chi connectivity index (χ1v) is 6.75. The number of aliphatic hydroxyl groups excluding tert-OH is 1. The van der Waals surface area contributed by atoms with Crippen LogP contribution in [-0.4, -0.2) is 11.2 Å². The van der Waals surface area contributed by atoms with Crippen molar-refractivity contribution < 1.29 is 14.2 Å². The van der Waals surface area contributed by atoms with Crippen LogP contribution in [0.5, 0.6) is 5.75 Å². The molecule has 2 rings (SSSR count). The van der Waals surface area contributed by atoms with Crippen LogP contribution in [0.2, 0.25) is 5.02 Å². The molecule has 0 aliphatic rings. The minimum Gasteiger partial charge on any atom is -0.491 e. The zero-order chi connectivity index (χ0) is 14.7. The van der Waals surface area contributed by atoms with Gasteiger partial charge >= 0.3 is 0 Å². The Morgan fingerprint density at radius 3 is 2.35 bits per heavy atom. The first-order chi connectivity index (χ1) is 9.47. The third-order valence-electron chi connectivity index (χ3n) is 2.82. The van der Waals surface area contributed by atoms with Crippen molar-refractivity contribution in [2.75, 3.05) is 0 Å². The lowest BCUT2D eigenvalue weighted by Gasteiger charge is -2.15.